The third-order valence-electron chi connectivity index (χ3n) is 5.34. The van der Waals surface area contributed by atoms with Crippen LogP contribution in [0.25, 0.3) is 5.03 Å². The molecule has 2 aromatic rings. The zero-order valence-electron chi connectivity index (χ0n) is 14.9. The number of carbonyl (C=O) groups is 1. The molecule has 1 aliphatic carbocycles. The first kappa shape index (κ1) is 17.9. The summed E-state index contributed by atoms with van der Waals surface area (Å²) in [5.41, 5.74) is 4.56. The predicted molar refractivity (Wildman–Crippen MR) is 100 cm³/mol. The van der Waals surface area contributed by atoms with Crippen LogP contribution in [0.1, 0.15) is 46.2 Å². The minimum atomic E-state index is -0.249. The third-order valence-corrected chi connectivity index (χ3v) is 5.68. The van der Waals surface area contributed by atoms with Crippen molar-refractivity contribution in [3.63, 3.8) is 0 Å². The van der Waals surface area contributed by atoms with Crippen LogP contribution in [-0.2, 0) is 13.0 Å². The predicted octanol–water partition coefficient (Wildman–Crippen LogP) is 5.53. The minimum absolute atomic E-state index is 0.249. The average Bonchev–Trinajstić information content (AvgIpc) is 3.24. The van der Waals surface area contributed by atoms with Crippen LogP contribution in [0.2, 0.25) is 0 Å². The van der Waals surface area contributed by atoms with E-state index in [0.717, 1.165) is 41.3 Å². The summed E-state index contributed by atoms with van der Waals surface area (Å²) in [4.78, 5) is 11.7. The van der Waals surface area contributed by atoms with E-state index in [9.17, 15) is 9.18 Å². The third kappa shape index (κ3) is 3.72. The monoisotopic (exact) mass is 359 g/mol. The van der Waals surface area contributed by atoms with Gasteiger partial charge in [-0.25, -0.2) is 4.39 Å². The summed E-state index contributed by atoms with van der Waals surface area (Å²) in [6.45, 7) is 7.17. The molecule has 0 saturated heterocycles. The van der Waals surface area contributed by atoms with Gasteiger partial charge < -0.3 is 4.57 Å². The number of aromatic nitrogens is 1. The SMILES string of the molecule is Cc1c(C=O)c(/C(Cl)=C\Cc2ccc(F)cc2)n(CC2CC2C)c1C. The molecule has 0 N–H and O–H groups in total. The molecule has 132 valence electrons. The van der Waals surface area contributed by atoms with Crippen molar-refractivity contribution in [2.75, 3.05) is 0 Å². The van der Waals surface area contributed by atoms with E-state index in [1.165, 1.54) is 18.6 Å². The number of aldehydes is 1. The van der Waals surface area contributed by atoms with Gasteiger partial charge in [0.1, 0.15) is 5.82 Å². The fraction of sp³-hybridized carbons (Fsp3) is 0.381. The van der Waals surface area contributed by atoms with Gasteiger partial charge in [-0.3, -0.25) is 4.79 Å². The largest absolute Gasteiger partial charge is 0.343 e. The fourth-order valence-corrected chi connectivity index (χ4v) is 3.61. The lowest BCUT2D eigenvalue weighted by Gasteiger charge is -2.12. The van der Waals surface area contributed by atoms with Gasteiger partial charge in [-0.15, -0.1) is 0 Å². The van der Waals surface area contributed by atoms with Crippen molar-refractivity contribution in [1.29, 1.82) is 0 Å². The molecule has 2 nitrogen and oxygen atoms in total. The molecular weight excluding hydrogens is 337 g/mol. The Morgan fingerprint density at radius 1 is 1.32 bits per heavy atom. The van der Waals surface area contributed by atoms with Gasteiger partial charge in [0, 0.05) is 17.8 Å². The van der Waals surface area contributed by atoms with E-state index in [2.05, 4.69) is 11.5 Å². The quantitative estimate of drug-likeness (QED) is 0.621. The highest BCUT2D eigenvalue weighted by Gasteiger charge is 2.34. The minimum Gasteiger partial charge on any atom is -0.343 e. The molecule has 2 atom stereocenters. The van der Waals surface area contributed by atoms with Crippen LogP contribution in [0.3, 0.4) is 0 Å². The molecule has 2 unspecified atom stereocenters. The Kier molecular flexibility index (Phi) is 5.14. The van der Waals surface area contributed by atoms with Gasteiger partial charge >= 0.3 is 0 Å². The van der Waals surface area contributed by atoms with Crippen LogP contribution in [0.15, 0.2) is 30.3 Å². The average molecular weight is 360 g/mol. The van der Waals surface area contributed by atoms with Gasteiger partial charge in [-0.1, -0.05) is 36.7 Å². The highest BCUT2D eigenvalue weighted by Crippen LogP contribution is 2.41. The summed E-state index contributed by atoms with van der Waals surface area (Å²) in [6, 6.07) is 6.38. The van der Waals surface area contributed by atoms with Crippen LogP contribution in [-0.4, -0.2) is 10.9 Å². The zero-order chi connectivity index (χ0) is 18.1. The lowest BCUT2D eigenvalue weighted by atomic mass is 10.1. The van der Waals surface area contributed by atoms with Crippen molar-refractivity contribution in [1.82, 2.24) is 4.57 Å². The molecule has 0 aliphatic heterocycles. The number of nitrogens with zero attached hydrogens (tertiary/aromatic N) is 1. The van der Waals surface area contributed by atoms with Crippen molar-refractivity contribution >= 4 is 22.9 Å². The van der Waals surface area contributed by atoms with Crippen molar-refractivity contribution in [2.45, 2.75) is 40.2 Å². The van der Waals surface area contributed by atoms with E-state index in [0.29, 0.717) is 22.9 Å². The Labute approximate surface area is 153 Å². The maximum absolute atomic E-state index is 13.0. The van der Waals surface area contributed by atoms with Gasteiger partial charge in [0.2, 0.25) is 0 Å². The number of carbonyl (C=O) groups excluding carboxylic acids is 1. The lowest BCUT2D eigenvalue weighted by Crippen LogP contribution is -2.07. The molecule has 1 aromatic carbocycles. The molecule has 0 spiro atoms. The first-order chi connectivity index (χ1) is 11.9. The smallest absolute Gasteiger partial charge is 0.152 e. The Balaban J connectivity index is 1.93. The summed E-state index contributed by atoms with van der Waals surface area (Å²) < 4.78 is 15.2. The molecule has 1 heterocycles. The lowest BCUT2D eigenvalue weighted by molar-refractivity contribution is 0.112. The fourth-order valence-electron chi connectivity index (χ4n) is 3.33. The summed E-state index contributed by atoms with van der Waals surface area (Å²) >= 11 is 6.61. The van der Waals surface area contributed by atoms with Gasteiger partial charge in [0.05, 0.1) is 10.7 Å². The Morgan fingerprint density at radius 3 is 2.52 bits per heavy atom. The summed E-state index contributed by atoms with van der Waals surface area (Å²) in [7, 11) is 0. The number of rotatable bonds is 6. The van der Waals surface area contributed by atoms with Gasteiger partial charge in [0.15, 0.2) is 6.29 Å². The second-order valence-corrected chi connectivity index (χ2v) is 7.46. The highest BCUT2D eigenvalue weighted by molar-refractivity contribution is 6.49. The molecule has 3 rings (SSSR count). The Bertz CT molecular complexity index is 819. The number of hydrogen-bond acceptors (Lipinski definition) is 1. The van der Waals surface area contributed by atoms with E-state index < -0.39 is 0 Å². The van der Waals surface area contributed by atoms with Crippen molar-refractivity contribution in [2.24, 2.45) is 11.8 Å². The summed E-state index contributed by atoms with van der Waals surface area (Å²) in [5.74, 6) is 1.14. The molecular formula is C21H23ClFNO. The van der Waals surface area contributed by atoms with Crippen LogP contribution in [0.5, 0.6) is 0 Å². The topological polar surface area (TPSA) is 22.0 Å². The van der Waals surface area contributed by atoms with Gasteiger partial charge in [-0.05, 0) is 61.8 Å². The van der Waals surface area contributed by atoms with Crippen LogP contribution >= 0.6 is 11.6 Å². The number of hydrogen-bond donors (Lipinski definition) is 0. The summed E-state index contributed by atoms with van der Waals surface area (Å²) in [6.07, 6.45) is 4.63. The molecule has 1 aromatic heterocycles. The second-order valence-electron chi connectivity index (χ2n) is 7.06. The molecule has 0 radical (unpaired) electrons. The molecule has 0 amide bonds. The van der Waals surface area contributed by atoms with Gasteiger partial charge in [0.25, 0.3) is 0 Å². The molecule has 1 aliphatic rings. The number of halogens is 2. The molecule has 0 bridgehead atoms. The molecule has 4 heteroatoms. The van der Waals surface area contributed by atoms with E-state index in [-0.39, 0.29) is 5.82 Å². The van der Waals surface area contributed by atoms with Crippen molar-refractivity contribution in [3.8, 4) is 0 Å². The van der Waals surface area contributed by atoms with Crippen LogP contribution < -0.4 is 0 Å². The van der Waals surface area contributed by atoms with E-state index in [1.807, 2.05) is 19.9 Å². The molecule has 1 fully saturated rings. The summed E-state index contributed by atoms with van der Waals surface area (Å²) in [5, 5.41) is 0.580. The highest BCUT2D eigenvalue weighted by atomic mass is 35.5. The number of benzene rings is 1. The maximum Gasteiger partial charge on any atom is 0.152 e. The molecule has 25 heavy (non-hydrogen) atoms. The zero-order valence-corrected chi connectivity index (χ0v) is 15.6. The van der Waals surface area contributed by atoms with E-state index in [4.69, 9.17) is 11.6 Å². The van der Waals surface area contributed by atoms with Gasteiger partial charge in [-0.2, -0.15) is 0 Å². The maximum atomic E-state index is 13.0. The van der Waals surface area contributed by atoms with Crippen LogP contribution in [0, 0.1) is 31.5 Å². The molecule has 1 saturated carbocycles. The van der Waals surface area contributed by atoms with E-state index >= 15 is 0 Å². The normalized spacial score (nSPS) is 20.0. The van der Waals surface area contributed by atoms with E-state index in [1.54, 1.807) is 12.1 Å². The van der Waals surface area contributed by atoms with Crippen LogP contribution in [0.4, 0.5) is 4.39 Å². The first-order valence-electron chi connectivity index (χ1n) is 8.67. The number of allylic oxidation sites excluding steroid dienone is 1. The second kappa shape index (κ2) is 7.17. The Hall–Kier alpha value is -1.87. The van der Waals surface area contributed by atoms with Crippen molar-refractivity contribution in [3.05, 3.63) is 64.2 Å². The first-order valence-corrected chi connectivity index (χ1v) is 9.05. The Morgan fingerprint density at radius 2 is 1.96 bits per heavy atom. The van der Waals surface area contributed by atoms with Crippen molar-refractivity contribution < 1.29 is 9.18 Å². The standard InChI is InChI=1S/C21H23ClFNO/c1-13-10-17(13)11-24-15(3)14(2)19(12-25)21(24)20(22)9-6-16-4-7-18(23)8-5-16/h4-5,7-9,12-13,17H,6,10-11H2,1-3H3/b20-9+.